The Hall–Kier alpha value is -2.15. The molecule has 29 heavy (non-hydrogen) atoms. The molecule has 160 valence electrons. The Morgan fingerprint density at radius 3 is 2.59 bits per heavy atom. The van der Waals surface area contributed by atoms with E-state index < -0.39 is 0 Å². The summed E-state index contributed by atoms with van der Waals surface area (Å²) in [6, 6.07) is 6.54. The van der Waals surface area contributed by atoms with Crippen molar-refractivity contribution < 1.29 is 14.3 Å². The number of amides is 2. The van der Waals surface area contributed by atoms with Crippen LogP contribution in [-0.4, -0.2) is 75.5 Å². The summed E-state index contributed by atoms with van der Waals surface area (Å²) in [5.74, 6) is 2.56. The number of urea groups is 1. The Kier molecular flexibility index (Phi) is 6.33. The Morgan fingerprint density at radius 1 is 1.10 bits per heavy atom. The summed E-state index contributed by atoms with van der Waals surface area (Å²) < 4.78 is 11.2. The third-order valence-corrected chi connectivity index (χ3v) is 6.52. The highest BCUT2D eigenvalue weighted by Gasteiger charge is 2.26. The van der Waals surface area contributed by atoms with Crippen LogP contribution >= 0.6 is 0 Å². The molecule has 0 atom stereocenters. The zero-order valence-corrected chi connectivity index (χ0v) is 17.7. The smallest absolute Gasteiger partial charge is 0.317 e. The highest BCUT2D eigenvalue weighted by Crippen LogP contribution is 2.41. The van der Waals surface area contributed by atoms with Gasteiger partial charge in [0, 0.05) is 46.3 Å². The van der Waals surface area contributed by atoms with E-state index in [1.165, 1.54) is 25.8 Å². The van der Waals surface area contributed by atoms with E-state index >= 15 is 0 Å². The predicted molar refractivity (Wildman–Crippen MR) is 114 cm³/mol. The van der Waals surface area contributed by atoms with Gasteiger partial charge in [0.05, 0.1) is 5.69 Å². The molecule has 1 aromatic carbocycles. The zero-order valence-electron chi connectivity index (χ0n) is 17.7. The summed E-state index contributed by atoms with van der Waals surface area (Å²) in [6.45, 7) is 5.76. The maximum Gasteiger partial charge on any atom is 0.317 e. The Labute approximate surface area is 173 Å². The quantitative estimate of drug-likeness (QED) is 0.821. The Balaban J connectivity index is 1.17. The number of carbonyl (C=O) groups excluding carboxylic acids is 1. The number of fused-ring (bicyclic) bond motifs is 1. The summed E-state index contributed by atoms with van der Waals surface area (Å²) >= 11 is 0. The molecule has 0 spiro atoms. The van der Waals surface area contributed by atoms with Gasteiger partial charge in [-0.3, -0.25) is 4.90 Å². The normalized spacial score (nSPS) is 24.4. The van der Waals surface area contributed by atoms with Gasteiger partial charge in [-0.15, -0.1) is 0 Å². The van der Waals surface area contributed by atoms with Crippen molar-refractivity contribution in [3.63, 3.8) is 0 Å². The number of anilines is 1. The lowest BCUT2D eigenvalue weighted by Crippen LogP contribution is -2.47. The number of hydrogen-bond acceptors (Lipinski definition) is 5. The molecule has 1 N–H and O–H groups in total. The molecule has 2 heterocycles. The average Bonchev–Trinajstić information content (AvgIpc) is 3.22. The Bertz CT molecular complexity index is 695. The van der Waals surface area contributed by atoms with Gasteiger partial charge in [-0.2, -0.15) is 0 Å². The summed E-state index contributed by atoms with van der Waals surface area (Å²) in [6.07, 6.45) is 5.95. The monoisotopic (exact) mass is 402 g/mol. The number of nitrogens with zero attached hydrogens (tertiary/aromatic N) is 3. The number of benzene rings is 1. The molecule has 7 nitrogen and oxygen atoms in total. The highest BCUT2D eigenvalue weighted by molar-refractivity contribution is 5.73. The molecule has 7 heteroatoms. The van der Waals surface area contributed by atoms with Gasteiger partial charge in [0.1, 0.15) is 0 Å². The van der Waals surface area contributed by atoms with Gasteiger partial charge in [0.25, 0.3) is 0 Å². The van der Waals surface area contributed by atoms with Crippen LogP contribution in [0.1, 0.15) is 32.1 Å². The summed E-state index contributed by atoms with van der Waals surface area (Å²) in [4.78, 5) is 18.4. The summed E-state index contributed by atoms with van der Waals surface area (Å²) in [5.41, 5.74) is 1.16. The van der Waals surface area contributed by atoms with Crippen LogP contribution in [0.4, 0.5) is 10.5 Å². The fourth-order valence-electron chi connectivity index (χ4n) is 4.64. The third-order valence-electron chi connectivity index (χ3n) is 6.52. The Morgan fingerprint density at radius 2 is 1.86 bits per heavy atom. The average molecular weight is 403 g/mol. The van der Waals surface area contributed by atoms with E-state index in [9.17, 15) is 4.79 Å². The summed E-state index contributed by atoms with van der Waals surface area (Å²) in [7, 11) is 3.60. The van der Waals surface area contributed by atoms with E-state index in [-0.39, 0.29) is 6.03 Å². The minimum absolute atomic E-state index is 0.0346. The predicted octanol–water partition coefficient (Wildman–Crippen LogP) is 2.76. The molecular formula is C22H34N4O3. The lowest BCUT2D eigenvalue weighted by atomic mass is 9.84. The van der Waals surface area contributed by atoms with E-state index in [4.69, 9.17) is 9.47 Å². The van der Waals surface area contributed by atoms with Crippen molar-refractivity contribution in [2.24, 2.45) is 5.92 Å². The second-order valence-corrected chi connectivity index (χ2v) is 8.69. The fraction of sp³-hybridized carbons (Fsp3) is 0.682. The maximum absolute atomic E-state index is 11.8. The van der Waals surface area contributed by atoms with Crippen molar-refractivity contribution in [2.45, 2.75) is 38.1 Å². The number of nitrogens with one attached hydrogen (secondary N) is 1. The van der Waals surface area contributed by atoms with Crippen LogP contribution < -0.4 is 19.7 Å². The molecule has 0 aromatic heterocycles. The van der Waals surface area contributed by atoms with Gasteiger partial charge in [-0.1, -0.05) is 6.07 Å². The first-order valence-corrected chi connectivity index (χ1v) is 10.9. The molecule has 1 aromatic rings. The minimum atomic E-state index is 0.0346. The van der Waals surface area contributed by atoms with Crippen molar-refractivity contribution in [1.82, 2.24) is 15.1 Å². The maximum atomic E-state index is 11.8. The third kappa shape index (κ3) is 4.89. The molecule has 0 radical (unpaired) electrons. The first-order valence-electron chi connectivity index (χ1n) is 10.9. The lowest BCUT2D eigenvalue weighted by molar-refractivity contribution is 0.173. The van der Waals surface area contributed by atoms with Crippen molar-refractivity contribution in [1.29, 1.82) is 0 Å². The van der Waals surface area contributed by atoms with Crippen LogP contribution in [0.15, 0.2) is 18.2 Å². The molecule has 2 amide bonds. The van der Waals surface area contributed by atoms with Crippen LogP contribution in [0.2, 0.25) is 0 Å². The van der Waals surface area contributed by atoms with E-state index in [1.54, 1.807) is 19.0 Å². The molecule has 1 saturated heterocycles. The number of carbonyl (C=O) groups is 1. The molecule has 1 aliphatic carbocycles. The highest BCUT2D eigenvalue weighted by atomic mass is 16.7. The number of para-hydroxylation sites is 1. The fourth-order valence-corrected chi connectivity index (χ4v) is 4.64. The molecule has 3 aliphatic rings. The molecule has 4 rings (SSSR count). The first kappa shape index (κ1) is 20.1. The van der Waals surface area contributed by atoms with Crippen LogP contribution in [0, 0.1) is 5.92 Å². The minimum Gasteiger partial charge on any atom is -0.454 e. The number of piperazine rings is 1. The van der Waals surface area contributed by atoms with Crippen molar-refractivity contribution >= 4 is 11.7 Å². The van der Waals surface area contributed by atoms with Gasteiger partial charge in [-0.05, 0) is 56.7 Å². The molecule has 0 bridgehead atoms. The largest absolute Gasteiger partial charge is 0.454 e. The van der Waals surface area contributed by atoms with Crippen molar-refractivity contribution in [3.05, 3.63) is 18.2 Å². The van der Waals surface area contributed by atoms with Crippen molar-refractivity contribution in [2.75, 3.05) is 58.5 Å². The number of ether oxygens (including phenoxy) is 2. The van der Waals surface area contributed by atoms with Gasteiger partial charge in [0.15, 0.2) is 11.5 Å². The number of rotatable bonds is 5. The van der Waals surface area contributed by atoms with Gasteiger partial charge < -0.3 is 24.6 Å². The lowest BCUT2D eigenvalue weighted by Gasteiger charge is -2.37. The van der Waals surface area contributed by atoms with E-state index in [1.807, 2.05) is 12.1 Å². The molecule has 1 saturated carbocycles. The SMILES string of the molecule is CN(C)C(=O)N[C@H]1CC[C@H](CCN2CCN(c3cccc4c3OCO4)CC2)CC1. The number of hydrogen-bond donors (Lipinski definition) is 1. The molecule has 2 fully saturated rings. The van der Waals surface area contributed by atoms with Crippen LogP contribution in [0.25, 0.3) is 0 Å². The first-order chi connectivity index (χ1) is 14.1. The molecule has 0 unspecified atom stereocenters. The van der Waals surface area contributed by atoms with E-state index in [2.05, 4.69) is 21.2 Å². The van der Waals surface area contributed by atoms with Gasteiger partial charge in [-0.25, -0.2) is 4.79 Å². The van der Waals surface area contributed by atoms with Gasteiger partial charge >= 0.3 is 6.03 Å². The molecular weight excluding hydrogens is 368 g/mol. The topological polar surface area (TPSA) is 57.3 Å². The van der Waals surface area contributed by atoms with Gasteiger partial charge in [0.2, 0.25) is 6.79 Å². The summed E-state index contributed by atoms with van der Waals surface area (Å²) in [5, 5.41) is 3.13. The zero-order chi connectivity index (χ0) is 20.2. The standard InChI is InChI=1S/C22H34N4O3/c1-24(2)22(27)23-18-8-6-17(7-9-18)10-11-25-12-14-26(15-13-25)19-4-3-5-20-21(19)29-16-28-20/h3-5,17-18H,6-16H2,1-2H3,(H,23,27)/t17-,18-. The van der Waals surface area contributed by atoms with Crippen LogP contribution in [-0.2, 0) is 0 Å². The second kappa shape index (κ2) is 9.11. The van der Waals surface area contributed by atoms with Crippen LogP contribution in [0.5, 0.6) is 11.5 Å². The molecule has 2 aliphatic heterocycles. The second-order valence-electron chi connectivity index (χ2n) is 8.69. The van der Waals surface area contributed by atoms with E-state index in [0.717, 1.165) is 62.1 Å². The van der Waals surface area contributed by atoms with E-state index in [0.29, 0.717) is 12.8 Å². The van der Waals surface area contributed by atoms with Crippen LogP contribution in [0.3, 0.4) is 0 Å². The van der Waals surface area contributed by atoms with Crippen molar-refractivity contribution in [3.8, 4) is 11.5 Å².